The minimum atomic E-state index is 0.719. The summed E-state index contributed by atoms with van der Waals surface area (Å²) in [5.41, 5.74) is 0.719. The summed E-state index contributed by atoms with van der Waals surface area (Å²) >= 11 is 0. The maximum absolute atomic E-state index is 3.97. The molecule has 0 heterocycles. The Hall–Kier alpha value is -0.0400. The van der Waals surface area contributed by atoms with E-state index in [4.69, 9.17) is 0 Å². The Morgan fingerprint density at radius 3 is 2.12 bits per heavy atom. The molecule has 0 unspecified atom stereocenters. The van der Waals surface area contributed by atoms with Crippen molar-refractivity contribution in [3.05, 3.63) is 0 Å². The first-order valence-electron chi connectivity index (χ1n) is 7.56. The molecule has 0 saturated heterocycles. The van der Waals surface area contributed by atoms with E-state index in [1.807, 2.05) is 0 Å². The van der Waals surface area contributed by atoms with Crippen molar-refractivity contribution >= 4 is 0 Å². The molecule has 3 aliphatic rings. The molecule has 0 spiro atoms. The summed E-state index contributed by atoms with van der Waals surface area (Å²) in [5, 5.41) is 3.97. The predicted molar refractivity (Wildman–Crippen MR) is 68.4 cm³/mol. The Balaban J connectivity index is 1.49. The van der Waals surface area contributed by atoms with Crippen LogP contribution in [0.3, 0.4) is 0 Å². The molecule has 0 bridgehead atoms. The fourth-order valence-electron chi connectivity index (χ4n) is 3.69. The van der Waals surface area contributed by atoms with Crippen LogP contribution in [0.15, 0.2) is 0 Å². The molecule has 3 rings (SSSR count). The van der Waals surface area contributed by atoms with Gasteiger partial charge in [0.05, 0.1) is 0 Å². The largest absolute Gasteiger partial charge is 0.313 e. The minimum absolute atomic E-state index is 0.719. The maximum atomic E-state index is 3.97. The van der Waals surface area contributed by atoms with Gasteiger partial charge >= 0.3 is 0 Å². The van der Waals surface area contributed by atoms with Crippen molar-refractivity contribution < 1.29 is 0 Å². The second-order valence-electron chi connectivity index (χ2n) is 6.69. The van der Waals surface area contributed by atoms with E-state index in [0.717, 1.165) is 23.3 Å². The molecule has 0 amide bonds. The second-order valence-corrected chi connectivity index (χ2v) is 6.69. The van der Waals surface area contributed by atoms with Crippen molar-refractivity contribution in [2.24, 2.45) is 17.3 Å². The van der Waals surface area contributed by atoms with E-state index in [1.54, 1.807) is 0 Å². The van der Waals surface area contributed by atoms with E-state index < -0.39 is 0 Å². The lowest BCUT2D eigenvalue weighted by Gasteiger charge is -2.43. The van der Waals surface area contributed by atoms with Gasteiger partial charge < -0.3 is 5.32 Å². The van der Waals surface area contributed by atoms with E-state index in [1.165, 1.54) is 64.3 Å². The standard InChI is InChI=1S/C15H27N/c1-2-8-15(9-3-10-15)11-16-14(12-4-5-12)13-6-7-13/h12-14,16H,2-11H2,1H3. The highest BCUT2D eigenvalue weighted by Crippen LogP contribution is 2.47. The zero-order chi connectivity index (χ0) is 11.0. The molecule has 3 saturated carbocycles. The third-order valence-electron chi connectivity index (χ3n) is 5.17. The molecule has 3 aliphatic carbocycles. The van der Waals surface area contributed by atoms with Crippen LogP contribution in [0.2, 0.25) is 0 Å². The van der Waals surface area contributed by atoms with E-state index >= 15 is 0 Å². The van der Waals surface area contributed by atoms with Gasteiger partial charge in [0, 0.05) is 12.6 Å². The van der Waals surface area contributed by atoms with Gasteiger partial charge in [-0.2, -0.15) is 0 Å². The number of hydrogen-bond donors (Lipinski definition) is 1. The van der Waals surface area contributed by atoms with Gasteiger partial charge in [-0.15, -0.1) is 0 Å². The van der Waals surface area contributed by atoms with Gasteiger partial charge in [0.1, 0.15) is 0 Å². The molecule has 0 aromatic heterocycles. The summed E-state index contributed by atoms with van der Waals surface area (Å²) in [7, 11) is 0. The van der Waals surface area contributed by atoms with Crippen LogP contribution in [0, 0.1) is 17.3 Å². The lowest BCUT2D eigenvalue weighted by Crippen LogP contribution is -2.45. The van der Waals surface area contributed by atoms with Gasteiger partial charge in [-0.3, -0.25) is 0 Å². The molecule has 0 aromatic rings. The molecule has 0 radical (unpaired) electrons. The van der Waals surface area contributed by atoms with Gasteiger partial charge in [0.15, 0.2) is 0 Å². The topological polar surface area (TPSA) is 12.0 Å². The van der Waals surface area contributed by atoms with Gasteiger partial charge in [-0.1, -0.05) is 19.8 Å². The molecule has 92 valence electrons. The average Bonchev–Trinajstić information content (AvgIpc) is 3.07. The van der Waals surface area contributed by atoms with Crippen LogP contribution in [0.4, 0.5) is 0 Å². The highest BCUT2D eigenvalue weighted by molar-refractivity contribution is 4.98. The van der Waals surface area contributed by atoms with Gasteiger partial charge in [-0.05, 0) is 62.2 Å². The first kappa shape index (κ1) is 11.1. The lowest BCUT2D eigenvalue weighted by atomic mass is 9.66. The molecule has 0 atom stereocenters. The summed E-state index contributed by atoms with van der Waals surface area (Å²) in [4.78, 5) is 0. The quantitative estimate of drug-likeness (QED) is 0.690. The van der Waals surface area contributed by atoms with Crippen LogP contribution in [0.1, 0.15) is 64.7 Å². The zero-order valence-electron chi connectivity index (χ0n) is 10.8. The summed E-state index contributed by atoms with van der Waals surface area (Å²) in [6, 6.07) is 0.911. The number of nitrogens with one attached hydrogen (secondary N) is 1. The smallest absolute Gasteiger partial charge is 0.0124 e. The highest BCUT2D eigenvalue weighted by Gasteiger charge is 2.43. The molecular weight excluding hydrogens is 194 g/mol. The third-order valence-corrected chi connectivity index (χ3v) is 5.17. The normalized spacial score (nSPS) is 28.1. The Bertz CT molecular complexity index is 224. The molecule has 1 heteroatoms. The SMILES string of the molecule is CCCC1(CNC(C2CC2)C2CC2)CCC1. The van der Waals surface area contributed by atoms with E-state index in [2.05, 4.69) is 12.2 Å². The monoisotopic (exact) mass is 221 g/mol. The van der Waals surface area contributed by atoms with Gasteiger partial charge in [0.2, 0.25) is 0 Å². The van der Waals surface area contributed by atoms with Crippen molar-refractivity contribution in [3.63, 3.8) is 0 Å². The predicted octanol–water partition coefficient (Wildman–Crippen LogP) is 3.74. The molecule has 16 heavy (non-hydrogen) atoms. The molecular formula is C15H27N. The van der Waals surface area contributed by atoms with Crippen LogP contribution in [-0.4, -0.2) is 12.6 Å². The fraction of sp³-hybridized carbons (Fsp3) is 1.00. The van der Waals surface area contributed by atoms with E-state index in [-0.39, 0.29) is 0 Å². The highest BCUT2D eigenvalue weighted by atomic mass is 15.0. The number of rotatable bonds is 7. The first-order valence-corrected chi connectivity index (χ1v) is 7.56. The molecule has 1 N–H and O–H groups in total. The average molecular weight is 221 g/mol. The van der Waals surface area contributed by atoms with Crippen LogP contribution in [0.25, 0.3) is 0 Å². The minimum Gasteiger partial charge on any atom is -0.313 e. The Kier molecular flexibility index (Phi) is 2.99. The van der Waals surface area contributed by atoms with Crippen LogP contribution >= 0.6 is 0 Å². The molecule has 1 nitrogen and oxygen atoms in total. The molecule has 0 aromatic carbocycles. The summed E-state index contributed by atoms with van der Waals surface area (Å²) in [6.07, 6.45) is 13.3. The third kappa shape index (κ3) is 2.30. The zero-order valence-corrected chi connectivity index (χ0v) is 10.8. The maximum Gasteiger partial charge on any atom is 0.0124 e. The summed E-state index contributed by atoms with van der Waals surface area (Å²) in [5.74, 6) is 2.12. The van der Waals surface area contributed by atoms with Gasteiger partial charge in [0.25, 0.3) is 0 Å². The van der Waals surface area contributed by atoms with E-state index in [9.17, 15) is 0 Å². The van der Waals surface area contributed by atoms with Crippen molar-refractivity contribution in [2.45, 2.75) is 70.8 Å². The van der Waals surface area contributed by atoms with Crippen molar-refractivity contribution in [1.29, 1.82) is 0 Å². The first-order chi connectivity index (χ1) is 7.83. The van der Waals surface area contributed by atoms with Crippen molar-refractivity contribution in [3.8, 4) is 0 Å². The Morgan fingerprint density at radius 2 is 1.75 bits per heavy atom. The molecule has 0 aliphatic heterocycles. The van der Waals surface area contributed by atoms with Crippen molar-refractivity contribution in [1.82, 2.24) is 5.32 Å². The van der Waals surface area contributed by atoms with Crippen LogP contribution in [0.5, 0.6) is 0 Å². The molecule has 3 fully saturated rings. The second kappa shape index (κ2) is 4.33. The summed E-state index contributed by atoms with van der Waals surface area (Å²) in [6.45, 7) is 3.68. The lowest BCUT2D eigenvalue weighted by molar-refractivity contribution is 0.107. The fourth-order valence-corrected chi connectivity index (χ4v) is 3.69. The van der Waals surface area contributed by atoms with Crippen LogP contribution in [-0.2, 0) is 0 Å². The summed E-state index contributed by atoms with van der Waals surface area (Å²) < 4.78 is 0. The van der Waals surface area contributed by atoms with Crippen LogP contribution < -0.4 is 5.32 Å². The Morgan fingerprint density at radius 1 is 1.12 bits per heavy atom. The number of hydrogen-bond acceptors (Lipinski definition) is 1. The Labute approximate surface area is 100 Å². The van der Waals surface area contributed by atoms with Crippen molar-refractivity contribution in [2.75, 3.05) is 6.54 Å². The van der Waals surface area contributed by atoms with Gasteiger partial charge in [-0.25, -0.2) is 0 Å². The van der Waals surface area contributed by atoms with E-state index in [0.29, 0.717) is 0 Å².